The van der Waals surface area contributed by atoms with Crippen LogP contribution in [-0.4, -0.2) is 28.7 Å². The molecular formula is C33H23BrCl2F6N6O2. The Morgan fingerprint density at radius 1 is 0.640 bits per heavy atom. The zero-order chi connectivity index (χ0) is 36.6. The molecule has 0 spiro atoms. The van der Waals surface area contributed by atoms with Gasteiger partial charge < -0.3 is 9.13 Å². The lowest BCUT2D eigenvalue weighted by Gasteiger charge is -2.18. The first kappa shape index (κ1) is 36.7. The molecule has 2 aromatic carbocycles. The number of rotatable bonds is 6. The lowest BCUT2D eigenvalue weighted by Crippen LogP contribution is -2.25. The number of halogens is 9. The summed E-state index contributed by atoms with van der Waals surface area (Å²) in [7, 11) is 0. The van der Waals surface area contributed by atoms with E-state index < -0.39 is 57.1 Å². The molecule has 0 aliphatic heterocycles. The summed E-state index contributed by atoms with van der Waals surface area (Å²) in [5.41, 5.74) is -1.16. The molecule has 260 valence electrons. The molecule has 6 rings (SSSR count). The van der Waals surface area contributed by atoms with Gasteiger partial charge in [0.25, 0.3) is 11.1 Å². The number of aromatic nitrogens is 6. The second kappa shape index (κ2) is 14.7. The van der Waals surface area contributed by atoms with E-state index in [0.717, 1.165) is 0 Å². The molecule has 0 aliphatic rings. The number of aryl methyl sites for hydroxylation is 1. The summed E-state index contributed by atoms with van der Waals surface area (Å²) in [6.07, 6.45) is 5.58. The first-order chi connectivity index (χ1) is 23.7. The van der Waals surface area contributed by atoms with Crippen LogP contribution in [-0.2, 0) is 13.1 Å². The lowest BCUT2D eigenvalue weighted by molar-refractivity contribution is 0.543. The molecule has 0 unspecified atom stereocenters. The van der Waals surface area contributed by atoms with Gasteiger partial charge in [-0.3, -0.25) is 9.59 Å². The van der Waals surface area contributed by atoms with Crippen molar-refractivity contribution in [3.63, 3.8) is 0 Å². The monoisotopic (exact) mass is 798 g/mol. The van der Waals surface area contributed by atoms with Crippen LogP contribution in [0.1, 0.15) is 19.4 Å². The van der Waals surface area contributed by atoms with Crippen LogP contribution in [0.25, 0.3) is 33.9 Å². The molecule has 0 saturated heterocycles. The zero-order valence-corrected chi connectivity index (χ0v) is 29.2. The van der Waals surface area contributed by atoms with Gasteiger partial charge in [-0.2, -0.15) is 10.2 Å². The second-order valence-corrected chi connectivity index (χ2v) is 12.3. The molecule has 17 heteroatoms. The lowest BCUT2D eigenvalue weighted by atomic mass is 10.1. The van der Waals surface area contributed by atoms with Crippen molar-refractivity contribution in [1.29, 1.82) is 0 Å². The molecule has 0 radical (unpaired) electrons. The summed E-state index contributed by atoms with van der Waals surface area (Å²) < 4.78 is 89.3. The van der Waals surface area contributed by atoms with Gasteiger partial charge in [-0.05, 0) is 48.8 Å². The molecular weight excluding hydrogens is 777 g/mol. The maximum absolute atomic E-state index is 14.4. The van der Waals surface area contributed by atoms with E-state index >= 15 is 0 Å². The van der Waals surface area contributed by atoms with Crippen molar-refractivity contribution in [3.05, 3.63) is 137 Å². The molecule has 4 heterocycles. The van der Waals surface area contributed by atoms with Gasteiger partial charge in [-0.25, -0.2) is 35.7 Å². The van der Waals surface area contributed by atoms with E-state index in [1.165, 1.54) is 55.4 Å². The number of pyridine rings is 2. The van der Waals surface area contributed by atoms with Gasteiger partial charge in [-0.1, -0.05) is 23.2 Å². The summed E-state index contributed by atoms with van der Waals surface area (Å²) in [6, 6.07) is 5.12. The maximum atomic E-state index is 14.4. The van der Waals surface area contributed by atoms with Crippen molar-refractivity contribution < 1.29 is 26.3 Å². The summed E-state index contributed by atoms with van der Waals surface area (Å²) in [5.74, 6) is -6.56. The van der Waals surface area contributed by atoms with Crippen LogP contribution >= 0.6 is 39.1 Å². The van der Waals surface area contributed by atoms with Crippen LogP contribution in [0.15, 0.2) is 75.2 Å². The fraction of sp³-hybridized carbons (Fsp3) is 0.152. The van der Waals surface area contributed by atoms with Crippen molar-refractivity contribution in [1.82, 2.24) is 28.7 Å². The molecule has 0 amide bonds. The topological polar surface area (TPSA) is 79.6 Å². The quantitative estimate of drug-likeness (QED) is 0.158. The summed E-state index contributed by atoms with van der Waals surface area (Å²) >= 11 is 14.9. The Labute approximate surface area is 297 Å². The minimum Gasteiger partial charge on any atom is -0.306 e. The highest BCUT2D eigenvalue weighted by Gasteiger charge is 2.25. The number of hydrogen-bond acceptors (Lipinski definition) is 4. The third-order valence-corrected chi connectivity index (χ3v) is 8.35. The van der Waals surface area contributed by atoms with E-state index in [-0.39, 0.29) is 40.3 Å². The van der Waals surface area contributed by atoms with Gasteiger partial charge >= 0.3 is 0 Å². The highest BCUT2D eigenvalue weighted by atomic mass is 79.9. The summed E-state index contributed by atoms with van der Waals surface area (Å²) in [6.45, 7) is 5.20. The molecule has 0 aliphatic carbocycles. The Kier molecular flexibility index (Phi) is 10.8. The van der Waals surface area contributed by atoms with Crippen LogP contribution in [0.2, 0.25) is 10.0 Å². The molecule has 0 atom stereocenters. The molecule has 0 bridgehead atoms. The highest BCUT2D eigenvalue weighted by Crippen LogP contribution is 2.34. The standard InChI is InChI=1S/C17H13ClF3N3O.C16H10BrClF3N3O/c1-3-23-16(15-12(20)5-11(19)6-13(15)21)14(4-9(2)17(23)25)24-8-10(18)7-22-24;1-2-23-15(14-11(20)3-9(19)4-12(14)21)13(5-10(17)16(23)25)24-7-8(18)6-22-24/h4-8H,3H2,1-2H3;3-7H,2H2,1H3. The van der Waals surface area contributed by atoms with E-state index in [0.29, 0.717) is 39.9 Å². The van der Waals surface area contributed by atoms with Gasteiger partial charge in [0.2, 0.25) is 0 Å². The second-order valence-electron chi connectivity index (χ2n) is 10.6. The van der Waals surface area contributed by atoms with Gasteiger partial charge in [0, 0.05) is 55.3 Å². The van der Waals surface area contributed by atoms with Crippen LogP contribution < -0.4 is 11.1 Å². The first-order valence-corrected chi connectivity index (χ1v) is 16.1. The molecule has 0 N–H and O–H groups in total. The maximum Gasteiger partial charge on any atom is 0.265 e. The summed E-state index contributed by atoms with van der Waals surface area (Å²) in [5, 5.41) is 8.69. The highest BCUT2D eigenvalue weighted by molar-refractivity contribution is 9.10. The third kappa shape index (κ3) is 7.02. The van der Waals surface area contributed by atoms with E-state index in [4.69, 9.17) is 23.2 Å². The van der Waals surface area contributed by atoms with Gasteiger partial charge in [0.15, 0.2) is 0 Å². The Morgan fingerprint density at radius 3 is 1.38 bits per heavy atom. The number of hydrogen-bond donors (Lipinski definition) is 0. The van der Waals surface area contributed by atoms with E-state index in [9.17, 15) is 35.9 Å². The van der Waals surface area contributed by atoms with E-state index in [1.54, 1.807) is 20.8 Å². The third-order valence-electron chi connectivity index (χ3n) is 7.39. The van der Waals surface area contributed by atoms with Gasteiger partial charge in [-0.15, -0.1) is 0 Å². The zero-order valence-electron chi connectivity index (χ0n) is 26.1. The van der Waals surface area contributed by atoms with Crippen molar-refractivity contribution >= 4 is 39.1 Å². The normalized spacial score (nSPS) is 11.1. The minimum atomic E-state index is -1.12. The Bertz CT molecular complexity index is 2180. The van der Waals surface area contributed by atoms with Crippen molar-refractivity contribution in [2.45, 2.75) is 33.9 Å². The predicted octanol–water partition coefficient (Wildman–Crippen LogP) is 8.65. The van der Waals surface area contributed by atoms with Gasteiger partial charge in [0.1, 0.15) is 34.9 Å². The Morgan fingerprint density at radius 2 is 1.02 bits per heavy atom. The Balaban J connectivity index is 0.000000194. The average Bonchev–Trinajstić information content (AvgIpc) is 3.68. The van der Waals surface area contributed by atoms with Crippen LogP contribution in [0, 0.1) is 41.8 Å². The largest absolute Gasteiger partial charge is 0.306 e. The predicted molar refractivity (Wildman–Crippen MR) is 180 cm³/mol. The van der Waals surface area contributed by atoms with Crippen LogP contribution in [0.4, 0.5) is 26.3 Å². The van der Waals surface area contributed by atoms with Crippen molar-refractivity contribution in [3.8, 4) is 33.9 Å². The molecule has 8 nitrogen and oxygen atoms in total. The molecule has 6 aromatic rings. The summed E-state index contributed by atoms with van der Waals surface area (Å²) in [4.78, 5) is 24.9. The Hall–Kier alpha value is -4.60. The van der Waals surface area contributed by atoms with E-state index in [1.807, 2.05) is 0 Å². The van der Waals surface area contributed by atoms with Crippen LogP contribution in [0.3, 0.4) is 0 Å². The molecule has 0 fully saturated rings. The van der Waals surface area contributed by atoms with Crippen molar-refractivity contribution in [2.24, 2.45) is 0 Å². The fourth-order valence-electron chi connectivity index (χ4n) is 5.29. The van der Waals surface area contributed by atoms with Gasteiger partial charge in [0.05, 0.1) is 60.8 Å². The molecule has 4 aromatic heterocycles. The van der Waals surface area contributed by atoms with Crippen LogP contribution in [0.5, 0.6) is 0 Å². The number of benzene rings is 2. The van der Waals surface area contributed by atoms with E-state index in [2.05, 4.69) is 26.1 Å². The number of nitrogens with zero attached hydrogens (tertiary/aromatic N) is 6. The SMILES string of the molecule is CCn1c(-c2c(F)cc(F)cc2F)c(-n2cc(Cl)cn2)cc(Br)c1=O.CCn1c(-c2c(F)cc(F)cc2F)c(-n2cc(Cl)cn2)cc(C)c1=O. The minimum absolute atomic E-state index is 0.0344. The fourth-order valence-corrected chi connectivity index (χ4v) is 5.99. The van der Waals surface area contributed by atoms with Crippen molar-refractivity contribution in [2.75, 3.05) is 0 Å². The first-order valence-electron chi connectivity index (χ1n) is 14.5. The molecule has 50 heavy (non-hydrogen) atoms. The molecule has 0 saturated carbocycles. The smallest absolute Gasteiger partial charge is 0.265 e. The average molecular weight is 800 g/mol.